The zero-order chi connectivity index (χ0) is 10.7. The largest absolute Gasteiger partial charge is 0.466 e. The molecule has 1 saturated heterocycles. The fourth-order valence-electron chi connectivity index (χ4n) is 1.38. The number of aromatic nitrogens is 3. The third-order valence-electron chi connectivity index (χ3n) is 2.11. The summed E-state index contributed by atoms with van der Waals surface area (Å²) < 4.78 is 9.98. The number of aromatic amines is 1. The molecule has 1 fully saturated rings. The van der Waals surface area contributed by atoms with Gasteiger partial charge in [0.05, 0.1) is 7.11 Å². The summed E-state index contributed by atoms with van der Waals surface area (Å²) in [5.74, 6) is 0.0682. The number of nitrogens with zero attached hydrogens (tertiary/aromatic N) is 2. The van der Waals surface area contributed by atoms with E-state index in [1.807, 2.05) is 0 Å². The molecule has 1 aliphatic heterocycles. The van der Waals surface area contributed by atoms with Gasteiger partial charge in [-0.2, -0.15) is 4.98 Å². The number of carbonyl (C=O) groups is 1. The molecule has 1 aliphatic rings. The summed E-state index contributed by atoms with van der Waals surface area (Å²) in [5.41, 5.74) is 0. The van der Waals surface area contributed by atoms with E-state index in [4.69, 9.17) is 9.47 Å². The lowest BCUT2D eigenvalue weighted by molar-refractivity contribution is -0.124. The average molecular weight is 212 g/mol. The van der Waals surface area contributed by atoms with Crippen LogP contribution in [0.2, 0.25) is 0 Å². The second kappa shape index (κ2) is 4.26. The zero-order valence-corrected chi connectivity index (χ0v) is 8.32. The summed E-state index contributed by atoms with van der Waals surface area (Å²) in [6, 6.07) is 0.192. The van der Waals surface area contributed by atoms with E-state index in [2.05, 4.69) is 20.5 Å². The summed E-state index contributed by atoms with van der Waals surface area (Å²) in [7, 11) is 1.45. The Morgan fingerprint density at radius 2 is 2.60 bits per heavy atom. The summed E-state index contributed by atoms with van der Waals surface area (Å²) in [6.45, 7) is 0.637. The van der Waals surface area contributed by atoms with Gasteiger partial charge in [-0.25, -0.2) is 5.10 Å². The van der Waals surface area contributed by atoms with Crippen LogP contribution in [0.25, 0.3) is 0 Å². The number of nitrogens with one attached hydrogen (secondary N) is 2. The zero-order valence-electron chi connectivity index (χ0n) is 8.32. The number of ether oxygens (including phenoxy) is 2. The first-order chi connectivity index (χ1) is 7.29. The molecule has 1 unspecified atom stereocenters. The fourth-order valence-corrected chi connectivity index (χ4v) is 1.38. The van der Waals surface area contributed by atoms with Crippen LogP contribution in [-0.4, -0.2) is 40.9 Å². The van der Waals surface area contributed by atoms with Gasteiger partial charge in [0, 0.05) is 6.61 Å². The molecule has 7 heteroatoms. The van der Waals surface area contributed by atoms with Crippen LogP contribution in [0.15, 0.2) is 0 Å². The maximum absolute atomic E-state index is 11.5. The van der Waals surface area contributed by atoms with Crippen molar-refractivity contribution in [3.63, 3.8) is 0 Å². The van der Waals surface area contributed by atoms with Gasteiger partial charge in [-0.3, -0.25) is 10.1 Å². The van der Waals surface area contributed by atoms with Gasteiger partial charge in [0.1, 0.15) is 6.10 Å². The summed E-state index contributed by atoms with van der Waals surface area (Å²) in [4.78, 5) is 15.4. The first-order valence-electron chi connectivity index (χ1n) is 4.68. The van der Waals surface area contributed by atoms with E-state index in [9.17, 15) is 4.79 Å². The lowest BCUT2D eigenvalue weighted by atomic mass is 10.2. The molecule has 0 radical (unpaired) electrons. The van der Waals surface area contributed by atoms with Crippen molar-refractivity contribution in [2.45, 2.75) is 18.9 Å². The maximum Gasteiger partial charge on any atom is 0.336 e. The molecule has 2 heterocycles. The highest BCUT2D eigenvalue weighted by atomic mass is 16.5. The third kappa shape index (κ3) is 2.24. The Labute approximate surface area is 86.2 Å². The van der Waals surface area contributed by atoms with Gasteiger partial charge >= 0.3 is 6.01 Å². The molecule has 2 N–H and O–H groups in total. The Morgan fingerprint density at radius 3 is 3.20 bits per heavy atom. The van der Waals surface area contributed by atoms with Crippen molar-refractivity contribution < 1.29 is 14.3 Å². The van der Waals surface area contributed by atoms with Gasteiger partial charge in [0.2, 0.25) is 5.95 Å². The van der Waals surface area contributed by atoms with Crippen LogP contribution in [-0.2, 0) is 9.53 Å². The standard InChI is InChI=1S/C8H12N4O3/c1-14-8-10-7(11-12-8)9-6(13)5-3-2-4-15-5/h5H,2-4H2,1H3,(H2,9,10,11,12,13). The molecule has 0 spiro atoms. The predicted molar refractivity (Wildman–Crippen MR) is 50.5 cm³/mol. The van der Waals surface area contributed by atoms with Gasteiger partial charge in [-0.15, -0.1) is 5.10 Å². The van der Waals surface area contributed by atoms with Crippen molar-refractivity contribution in [3.8, 4) is 6.01 Å². The minimum atomic E-state index is -0.374. The monoisotopic (exact) mass is 212 g/mol. The fraction of sp³-hybridized carbons (Fsp3) is 0.625. The molecule has 0 bridgehead atoms. The quantitative estimate of drug-likeness (QED) is 0.732. The lowest BCUT2D eigenvalue weighted by Crippen LogP contribution is -2.27. The molecule has 1 aromatic heterocycles. The van der Waals surface area contributed by atoms with Crippen LogP contribution < -0.4 is 10.1 Å². The van der Waals surface area contributed by atoms with Crippen molar-refractivity contribution >= 4 is 11.9 Å². The summed E-state index contributed by atoms with van der Waals surface area (Å²) >= 11 is 0. The van der Waals surface area contributed by atoms with Crippen LogP contribution in [0.3, 0.4) is 0 Å². The SMILES string of the molecule is COc1n[nH]c(NC(=O)C2CCCO2)n1. The Kier molecular flexibility index (Phi) is 2.82. The molecule has 15 heavy (non-hydrogen) atoms. The average Bonchev–Trinajstić information content (AvgIpc) is 2.87. The summed E-state index contributed by atoms with van der Waals surface area (Å²) in [6.07, 6.45) is 1.29. The highest BCUT2D eigenvalue weighted by Gasteiger charge is 2.24. The van der Waals surface area contributed by atoms with Crippen molar-refractivity contribution in [2.24, 2.45) is 0 Å². The second-order valence-corrected chi connectivity index (χ2v) is 3.16. The molecule has 1 aromatic rings. The molecule has 82 valence electrons. The molecular weight excluding hydrogens is 200 g/mol. The molecular formula is C8H12N4O3. The minimum absolute atomic E-state index is 0.192. The van der Waals surface area contributed by atoms with Crippen LogP contribution in [0.4, 0.5) is 5.95 Å². The van der Waals surface area contributed by atoms with E-state index in [1.54, 1.807) is 0 Å². The Hall–Kier alpha value is -1.63. The van der Waals surface area contributed by atoms with Crippen LogP contribution >= 0.6 is 0 Å². The van der Waals surface area contributed by atoms with E-state index < -0.39 is 0 Å². The number of hydrogen-bond donors (Lipinski definition) is 2. The number of rotatable bonds is 3. The molecule has 0 saturated carbocycles. The van der Waals surface area contributed by atoms with Crippen molar-refractivity contribution in [3.05, 3.63) is 0 Å². The van der Waals surface area contributed by atoms with E-state index in [-0.39, 0.29) is 24.0 Å². The number of anilines is 1. The smallest absolute Gasteiger partial charge is 0.336 e. The van der Waals surface area contributed by atoms with E-state index in [1.165, 1.54) is 7.11 Å². The lowest BCUT2D eigenvalue weighted by Gasteiger charge is -2.07. The van der Waals surface area contributed by atoms with E-state index in [0.717, 1.165) is 12.8 Å². The molecule has 0 aliphatic carbocycles. The number of methoxy groups -OCH3 is 1. The third-order valence-corrected chi connectivity index (χ3v) is 2.11. The molecule has 7 nitrogen and oxygen atoms in total. The second-order valence-electron chi connectivity index (χ2n) is 3.16. The number of amides is 1. The molecule has 1 amide bonds. The van der Waals surface area contributed by atoms with Crippen LogP contribution in [0, 0.1) is 0 Å². The Balaban J connectivity index is 1.92. The van der Waals surface area contributed by atoms with Gasteiger partial charge in [0.15, 0.2) is 0 Å². The van der Waals surface area contributed by atoms with Crippen molar-refractivity contribution in [1.82, 2.24) is 15.2 Å². The topological polar surface area (TPSA) is 89.1 Å². The van der Waals surface area contributed by atoms with Gasteiger partial charge < -0.3 is 9.47 Å². The maximum atomic E-state index is 11.5. The van der Waals surface area contributed by atoms with E-state index in [0.29, 0.717) is 6.61 Å². The molecule has 2 rings (SSSR count). The van der Waals surface area contributed by atoms with Crippen molar-refractivity contribution in [2.75, 3.05) is 19.0 Å². The highest BCUT2D eigenvalue weighted by Crippen LogP contribution is 2.14. The number of H-pyrrole nitrogens is 1. The first-order valence-corrected chi connectivity index (χ1v) is 4.68. The van der Waals surface area contributed by atoms with E-state index >= 15 is 0 Å². The predicted octanol–water partition coefficient (Wildman–Crippen LogP) is -0.0692. The number of carbonyl (C=O) groups excluding carboxylic acids is 1. The Morgan fingerprint density at radius 1 is 1.73 bits per heavy atom. The normalized spacial score (nSPS) is 20.2. The molecule has 0 aromatic carbocycles. The summed E-state index contributed by atoms with van der Waals surface area (Å²) in [5, 5.41) is 8.80. The first kappa shape index (κ1) is 9.91. The van der Waals surface area contributed by atoms with Crippen LogP contribution in [0.1, 0.15) is 12.8 Å². The minimum Gasteiger partial charge on any atom is -0.466 e. The Bertz CT molecular complexity index is 345. The highest BCUT2D eigenvalue weighted by molar-refractivity contribution is 5.92. The van der Waals surface area contributed by atoms with Gasteiger partial charge in [-0.1, -0.05) is 0 Å². The van der Waals surface area contributed by atoms with Crippen molar-refractivity contribution in [1.29, 1.82) is 0 Å². The van der Waals surface area contributed by atoms with Gasteiger partial charge in [0.25, 0.3) is 5.91 Å². The van der Waals surface area contributed by atoms with Gasteiger partial charge in [-0.05, 0) is 12.8 Å². The molecule has 1 atom stereocenters. The van der Waals surface area contributed by atoms with Crippen LogP contribution in [0.5, 0.6) is 6.01 Å². The number of hydrogen-bond acceptors (Lipinski definition) is 5.